The number of rotatable bonds is 7. The van der Waals surface area contributed by atoms with E-state index in [9.17, 15) is 9.59 Å². The summed E-state index contributed by atoms with van der Waals surface area (Å²) < 4.78 is 1.61. The Kier molecular flexibility index (Phi) is 5.91. The Morgan fingerprint density at radius 1 is 1.23 bits per heavy atom. The Bertz CT molecular complexity index is 1140. The number of para-hydroxylation sites is 1. The highest BCUT2D eigenvalue weighted by molar-refractivity contribution is 6.30. The number of halogens is 1. The van der Waals surface area contributed by atoms with Crippen molar-refractivity contribution in [2.75, 3.05) is 6.54 Å². The summed E-state index contributed by atoms with van der Waals surface area (Å²) in [5.74, 6) is 0.832. The van der Waals surface area contributed by atoms with Crippen LogP contribution in [-0.4, -0.2) is 26.9 Å². The predicted molar refractivity (Wildman–Crippen MR) is 120 cm³/mol. The highest BCUT2D eigenvalue weighted by Gasteiger charge is 2.36. The van der Waals surface area contributed by atoms with Crippen molar-refractivity contribution in [1.82, 2.24) is 14.5 Å². The minimum Gasteiger partial charge on any atom is -0.333 e. The second-order valence-electron chi connectivity index (χ2n) is 7.94. The Morgan fingerprint density at radius 3 is 2.70 bits per heavy atom. The number of amides is 1. The molecule has 1 atom stereocenters. The summed E-state index contributed by atoms with van der Waals surface area (Å²) in [5, 5.41) is 1.09. The number of hydrogen-bond acceptors (Lipinski definition) is 3. The molecule has 1 aliphatic carbocycles. The van der Waals surface area contributed by atoms with Gasteiger partial charge in [0.2, 0.25) is 5.91 Å². The molecule has 0 aliphatic heterocycles. The van der Waals surface area contributed by atoms with E-state index in [0.717, 1.165) is 25.7 Å². The molecular weight excluding hydrogens is 398 g/mol. The summed E-state index contributed by atoms with van der Waals surface area (Å²) in [4.78, 5) is 33.3. The van der Waals surface area contributed by atoms with E-state index in [1.54, 1.807) is 22.8 Å². The smallest absolute Gasteiger partial charge is 0.266 e. The molecule has 1 amide bonds. The first-order valence-electron chi connectivity index (χ1n) is 10.6. The number of nitrogens with zero attached hydrogens (tertiary/aromatic N) is 3. The molecule has 5 nitrogen and oxygen atoms in total. The van der Waals surface area contributed by atoms with Crippen molar-refractivity contribution in [3.05, 3.63) is 69.7 Å². The Labute approximate surface area is 181 Å². The standard InChI is InChI=1S/C24H26ClN3O2/c1-3-4-14-27(23(29)17-12-13-17)16(2)22-26-21-11-6-5-10-20(21)24(30)28(22)19-9-7-8-18(25)15-19/h5-11,15-17H,3-4,12-14H2,1-2H3. The van der Waals surface area contributed by atoms with Crippen LogP contribution in [0.1, 0.15) is 51.4 Å². The van der Waals surface area contributed by atoms with Gasteiger partial charge in [-0.15, -0.1) is 0 Å². The molecule has 1 aliphatic rings. The minimum atomic E-state index is -0.332. The van der Waals surface area contributed by atoms with Crippen molar-refractivity contribution in [3.8, 4) is 5.69 Å². The van der Waals surface area contributed by atoms with Crippen molar-refractivity contribution in [2.45, 2.75) is 45.6 Å². The van der Waals surface area contributed by atoms with Crippen LogP contribution in [0.3, 0.4) is 0 Å². The van der Waals surface area contributed by atoms with Gasteiger partial charge in [-0.05, 0) is 56.5 Å². The van der Waals surface area contributed by atoms with Crippen molar-refractivity contribution in [1.29, 1.82) is 0 Å². The molecule has 6 heteroatoms. The van der Waals surface area contributed by atoms with Crippen molar-refractivity contribution in [3.63, 3.8) is 0 Å². The van der Waals surface area contributed by atoms with E-state index in [1.807, 2.05) is 42.2 Å². The van der Waals surface area contributed by atoms with Crippen LogP contribution < -0.4 is 5.56 Å². The SMILES string of the molecule is CCCCN(C(=O)C1CC1)C(C)c1nc2ccccc2c(=O)n1-c1cccc(Cl)c1. The van der Waals surface area contributed by atoms with Crippen LogP contribution in [0.15, 0.2) is 53.3 Å². The maximum Gasteiger partial charge on any atom is 0.266 e. The van der Waals surface area contributed by atoms with Crippen LogP contribution in [0.4, 0.5) is 0 Å². The first-order chi connectivity index (χ1) is 14.5. The second-order valence-corrected chi connectivity index (χ2v) is 8.38. The molecule has 0 bridgehead atoms. The number of fused-ring (bicyclic) bond motifs is 1. The first kappa shape index (κ1) is 20.6. The van der Waals surface area contributed by atoms with Gasteiger partial charge in [-0.1, -0.05) is 43.1 Å². The molecule has 0 N–H and O–H groups in total. The van der Waals surface area contributed by atoms with E-state index in [-0.39, 0.29) is 23.4 Å². The molecule has 1 heterocycles. The number of hydrogen-bond donors (Lipinski definition) is 0. The predicted octanol–water partition coefficient (Wildman–Crippen LogP) is 5.14. The van der Waals surface area contributed by atoms with Gasteiger partial charge < -0.3 is 4.90 Å². The topological polar surface area (TPSA) is 55.2 Å². The molecule has 1 saturated carbocycles. The lowest BCUT2D eigenvalue weighted by Gasteiger charge is -2.30. The van der Waals surface area contributed by atoms with Gasteiger partial charge in [-0.3, -0.25) is 14.2 Å². The molecular formula is C24H26ClN3O2. The van der Waals surface area contributed by atoms with Gasteiger partial charge in [0.15, 0.2) is 0 Å². The lowest BCUT2D eigenvalue weighted by molar-refractivity contribution is -0.135. The molecule has 156 valence electrons. The van der Waals surface area contributed by atoms with Crippen LogP contribution >= 0.6 is 11.6 Å². The number of aromatic nitrogens is 2. The van der Waals surface area contributed by atoms with Crippen LogP contribution in [-0.2, 0) is 4.79 Å². The lowest BCUT2D eigenvalue weighted by Crippen LogP contribution is -2.38. The zero-order valence-corrected chi connectivity index (χ0v) is 18.1. The number of benzene rings is 2. The zero-order valence-electron chi connectivity index (χ0n) is 17.3. The van der Waals surface area contributed by atoms with E-state index in [2.05, 4.69) is 6.92 Å². The molecule has 4 rings (SSSR count). The highest BCUT2D eigenvalue weighted by Crippen LogP contribution is 2.34. The van der Waals surface area contributed by atoms with Crippen molar-refractivity contribution in [2.24, 2.45) is 5.92 Å². The summed E-state index contributed by atoms with van der Waals surface area (Å²) in [6.07, 6.45) is 3.80. The van der Waals surface area contributed by atoms with Gasteiger partial charge in [0.25, 0.3) is 5.56 Å². The summed E-state index contributed by atoms with van der Waals surface area (Å²) in [5.41, 5.74) is 1.14. The average molecular weight is 424 g/mol. The Balaban J connectivity index is 1.90. The Morgan fingerprint density at radius 2 is 2.00 bits per heavy atom. The Hall–Kier alpha value is -2.66. The van der Waals surface area contributed by atoms with Gasteiger partial charge in [-0.25, -0.2) is 4.98 Å². The quantitative estimate of drug-likeness (QED) is 0.528. The fourth-order valence-electron chi connectivity index (χ4n) is 3.82. The molecule has 30 heavy (non-hydrogen) atoms. The number of unbranched alkanes of at least 4 members (excludes halogenated alkanes) is 1. The van der Waals surface area contributed by atoms with Crippen LogP contribution in [0, 0.1) is 5.92 Å². The maximum absolute atomic E-state index is 13.5. The first-order valence-corrected chi connectivity index (χ1v) is 11.0. The molecule has 0 radical (unpaired) electrons. The zero-order chi connectivity index (χ0) is 21.3. The summed E-state index contributed by atoms with van der Waals surface area (Å²) >= 11 is 6.23. The van der Waals surface area contributed by atoms with Crippen LogP contribution in [0.5, 0.6) is 0 Å². The highest BCUT2D eigenvalue weighted by atomic mass is 35.5. The number of carbonyl (C=O) groups is 1. The van der Waals surface area contributed by atoms with E-state index < -0.39 is 0 Å². The second kappa shape index (κ2) is 8.60. The fourth-order valence-corrected chi connectivity index (χ4v) is 4.01. The normalized spacial score (nSPS) is 14.6. The molecule has 2 aromatic carbocycles. The van der Waals surface area contributed by atoms with Crippen LogP contribution in [0.25, 0.3) is 16.6 Å². The van der Waals surface area contributed by atoms with Gasteiger partial charge in [0, 0.05) is 17.5 Å². The van der Waals surface area contributed by atoms with E-state index in [4.69, 9.17) is 16.6 Å². The molecule has 1 aromatic heterocycles. The lowest BCUT2D eigenvalue weighted by atomic mass is 10.1. The third-order valence-electron chi connectivity index (χ3n) is 5.67. The summed E-state index contributed by atoms with van der Waals surface area (Å²) in [7, 11) is 0. The molecule has 0 saturated heterocycles. The summed E-state index contributed by atoms with van der Waals surface area (Å²) in [6, 6.07) is 14.2. The summed E-state index contributed by atoms with van der Waals surface area (Å²) in [6.45, 7) is 4.74. The molecule has 1 unspecified atom stereocenters. The largest absolute Gasteiger partial charge is 0.333 e. The van der Waals surface area contributed by atoms with Crippen molar-refractivity contribution < 1.29 is 4.79 Å². The van der Waals surface area contributed by atoms with E-state index >= 15 is 0 Å². The van der Waals surface area contributed by atoms with E-state index in [1.165, 1.54) is 0 Å². The number of carbonyl (C=O) groups excluding carboxylic acids is 1. The molecule has 0 spiro atoms. The van der Waals surface area contributed by atoms with Crippen LogP contribution in [0.2, 0.25) is 5.02 Å². The molecule has 1 fully saturated rings. The van der Waals surface area contributed by atoms with Crippen molar-refractivity contribution >= 4 is 28.4 Å². The third kappa shape index (κ3) is 3.99. The van der Waals surface area contributed by atoms with Gasteiger partial charge in [0.05, 0.1) is 22.6 Å². The van der Waals surface area contributed by atoms with Gasteiger partial charge in [0.1, 0.15) is 5.82 Å². The van der Waals surface area contributed by atoms with Gasteiger partial charge in [-0.2, -0.15) is 0 Å². The maximum atomic E-state index is 13.5. The van der Waals surface area contributed by atoms with E-state index in [0.29, 0.717) is 34.0 Å². The monoisotopic (exact) mass is 423 g/mol. The average Bonchev–Trinajstić information content (AvgIpc) is 3.59. The fraction of sp³-hybridized carbons (Fsp3) is 0.375. The molecule has 3 aromatic rings. The van der Waals surface area contributed by atoms with Gasteiger partial charge >= 0.3 is 0 Å². The third-order valence-corrected chi connectivity index (χ3v) is 5.91. The minimum absolute atomic E-state index is 0.108.